The first-order valence-corrected chi connectivity index (χ1v) is 15.2. The molecule has 39 heavy (non-hydrogen) atoms. The average molecular weight is 514 g/mol. The third kappa shape index (κ3) is 6.80. The van der Waals surface area contributed by atoms with Crippen molar-refractivity contribution in [2.24, 2.45) is 5.92 Å². The number of benzene rings is 3. The third-order valence-electron chi connectivity index (χ3n) is 9.10. The van der Waals surface area contributed by atoms with Crippen molar-refractivity contribution < 1.29 is 0 Å². The third-order valence-corrected chi connectivity index (χ3v) is 9.10. The number of aryl methyl sites for hydroxylation is 1. The molecule has 200 valence electrons. The van der Waals surface area contributed by atoms with Crippen LogP contribution in [-0.4, -0.2) is 0 Å². The Bertz CT molecular complexity index is 1380. The molecule has 0 heterocycles. The standard InChI is InChI=1S/C38H43N/c1-28(36-24-23-33-18-10-20-37(33)29(36)2)25-38-34(17-9-19-35(38)27-39)22-21-32-16-8-15-31(26-32)14-7-6-13-30-11-4-3-5-12-30/h8-10,15-17,19-24,26,28,30H,3-7,11-14,18,25H2,1-2H3/b22-21+. The molecule has 1 fully saturated rings. The van der Waals surface area contributed by atoms with Gasteiger partial charge in [0.05, 0.1) is 11.6 Å². The second-order valence-corrected chi connectivity index (χ2v) is 11.9. The van der Waals surface area contributed by atoms with E-state index in [0.717, 1.165) is 41.9 Å². The monoisotopic (exact) mass is 513 g/mol. The lowest BCUT2D eigenvalue weighted by Crippen LogP contribution is -2.06. The Labute approximate surface area is 236 Å². The van der Waals surface area contributed by atoms with Crippen LogP contribution in [0.5, 0.6) is 0 Å². The van der Waals surface area contributed by atoms with E-state index in [2.05, 4.69) is 86.7 Å². The lowest BCUT2D eigenvalue weighted by Gasteiger charge is -2.21. The molecule has 2 aliphatic rings. The largest absolute Gasteiger partial charge is 0.192 e. The highest BCUT2D eigenvalue weighted by Gasteiger charge is 2.18. The van der Waals surface area contributed by atoms with Gasteiger partial charge in [-0.2, -0.15) is 5.26 Å². The molecule has 0 saturated heterocycles. The van der Waals surface area contributed by atoms with Gasteiger partial charge >= 0.3 is 0 Å². The molecule has 0 bridgehead atoms. The van der Waals surface area contributed by atoms with Gasteiger partial charge in [-0.25, -0.2) is 0 Å². The fourth-order valence-corrected chi connectivity index (χ4v) is 6.83. The van der Waals surface area contributed by atoms with Crippen LogP contribution in [0.4, 0.5) is 0 Å². The van der Waals surface area contributed by atoms with Crippen molar-refractivity contribution >= 4 is 18.2 Å². The van der Waals surface area contributed by atoms with Gasteiger partial charge in [0, 0.05) is 0 Å². The molecular weight excluding hydrogens is 470 g/mol. The van der Waals surface area contributed by atoms with E-state index in [1.165, 1.54) is 84.7 Å². The van der Waals surface area contributed by atoms with Crippen molar-refractivity contribution in [1.29, 1.82) is 5.26 Å². The van der Waals surface area contributed by atoms with E-state index in [0.29, 0.717) is 5.92 Å². The molecule has 3 aromatic carbocycles. The van der Waals surface area contributed by atoms with Crippen LogP contribution in [0, 0.1) is 24.2 Å². The highest BCUT2D eigenvalue weighted by Crippen LogP contribution is 2.33. The number of fused-ring (bicyclic) bond motifs is 1. The van der Waals surface area contributed by atoms with Crippen molar-refractivity contribution in [2.45, 2.75) is 90.4 Å². The normalized spacial score (nSPS) is 15.9. The van der Waals surface area contributed by atoms with Crippen LogP contribution in [0.3, 0.4) is 0 Å². The lowest BCUT2D eigenvalue weighted by molar-refractivity contribution is 0.330. The zero-order chi connectivity index (χ0) is 27.0. The van der Waals surface area contributed by atoms with Crippen LogP contribution >= 0.6 is 0 Å². The molecule has 0 aromatic heterocycles. The molecule has 3 aromatic rings. The zero-order valence-corrected chi connectivity index (χ0v) is 23.9. The predicted octanol–water partition coefficient (Wildman–Crippen LogP) is 10.2. The van der Waals surface area contributed by atoms with E-state index in [9.17, 15) is 5.26 Å². The summed E-state index contributed by atoms with van der Waals surface area (Å²) in [7, 11) is 0. The molecule has 0 aliphatic heterocycles. The number of unbranched alkanes of at least 4 members (excludes halogenated alkanes) is 1. The Balaban J connectivity index is 1.27. The van der Waals surface area contributed by atoms with Crippen molar-refractivity contribution in [2.75, 3.05) is 0 Å². The second-order valence-electron chi connectivity index (χ2n) is 11.9. The number of rotatable bonds is 10. The smallest absolute Gasteiger partial charge is 0.0994 e. The van der Waals surface area contributed by atoms with Crippen molar-refractivity contribution in [3.05, 3.63) is 111 Å². The fourth-order valence-electron chi connectivity index (χ4n) is 6.83. The summed E-state index contributed by atoms with van der Waals surface area (Å²) >= 11 is 0. The number of allylic oxidation sites excluding steroid dienone is 1. The molecule has 2 aliphatic carbocycles. The van der Waals surface area contributed by atoms with Gasteiger partial charge in [0.1, 0.15) is 0 Å². The van der Waals surface area contributed by atoms with Crippen LogP contribution in [0.25, 0.3) is 18.2 Å². The molecule has 0 N–H and O–H groups in total. The quantitative estimate of drug-likeness (QED) is 0.195. The first-order valence-electron chi connectivity index (χ1n) is 15.2. The van der Waals surface area contributed by atoms with Crippen LogP contribution in [0.15, 0.2) is 60.7 Å². The van der Waals surface area contributed by atoms with E-state index in [-0.39, 0.29) is 0 Å². The average Bonchev–Trinajstić information content (AvgIpc) is 3.46. The van der Waals surface area contributed by atoms with E-state index >= 15 is 0 Å². The predicted molar refractivity (Wildman–Crippen MR) is 167 cm³/mol. The minimum atomic E-state index is 0.336. The molecule has 1 nitrogen and oxygen atoms in total. The van der Waals surface area contributed by atoms with Crippen LogP contribution in [-0.2, 0) is 19.3 Å². The Hall–Kier alpha value is -3.37. The number of hydrogen-bond acceptors (Lipinski definition) is 1. The summed E-state index contributed by atoms with van der Waals surface area (Å²) in [4.78, 5) is 0. The molecule has 1 heteroatoms. The summed E-state index contributed by atoms with van der Waals surface area (Å²) in [6, 6.07) is 22.2. The lowest BCUT2D eigenvalue weighted by atomic mass is 9.85. The van der Waals surface area contributed by atoms with Crippen LogP contribution < -0.4 is 0 Å². The number of nitrogens with zero attached hydrogens (tertiary/aromatic N) is 1. The summed E-state index contributed by atoms with van der Waals surface area (Å²) in [6.07, 6.45) is 23.3. The molecule has 0 radical (unpaired) electrons. The minimum absolute atomic E-state index is 0.336. The van der Waals surface area contributed by atoms with Gasteiger partial charge < -0.3 is 0 Å². The number of hydrogen-bond donors (Lipinski definition) is 0. The summed E-state index contributed by atoms with van der Waals surface area (Å²) in [5.41, 5.74) is 11.3. The molecular formula is C38H43N. The molecule has 0 spiro atoms. The van der Waals surface area contributed by atoms with Crippen LogP contribution in [0.2, 0.25) is 0 Å². The van der Waals surface area contributed by atoms with Gasteiger partial charge in [0.25, 0.3) is 0 Å². The Morgan fingerprint density at radius 2 is 1.82 bits per heavy atom. The molecule has 1 unspecified atom stereocenters. The first kappa shape index (κ1) is 27.2. The SMILES string of the molecule is Cc1c(C(C)Cc2c(C#N)cccc2/C=C/c2cccc(CCCCC3CCCCC3)c2)ccc2c1C=CC2. The maximum Gasteiger partial charge on any atom is 0.0994 e. The Morgan fingerprint density at radius 3 is 2.67 bits per heavy atom. The van der Waals surface area contributed by atoms with Gasteiger partial charge in [0.15, 0.2) is 0 Å². The van der Waals surface area contributed by atoms with E-state index in [4.69, 9.17) is 0 Å². The van der Waals surface area contributed by atoms with Gasteiger partial charge in [-0.15, -0.1) is 0 Å². The topological polar surface area (TPSA) is 23.8 Å². The first-order chi connectivity index (χ1) is 19.1. The van der Waals surface area contributed by atoms with Gasteiger partial charge in [-0.05, 0) is 95.0 Å². The highest BCUT2D eigenvalue weighted by molar-refractivity contribution is 5.73. The summed E-state index contributed by atoms with van der Waals surface area (Å²) in [6.45, 7) is 4.55. The fraction of sp³-hybridized carbons (Fsp3) is 0.395. The molecule has 1 saturated carbocycles. The molecule has 5 rings (SSSR count). The van der Waals surface area contributed by atoms with Crippen molar-refractivity contribution in [3.63, 3.8) is 0 Å². The maximum atomic E-state index is 9.93. The summed E-state index contributed by atoms with van der Waals surface area (Å²) < 4.78 is 0. The van der Waals surface area contributed by atoms with E-state index < -0.39 is 0 Å². The number of nitriles is 1. The zero-order valence-electron chi connectivity index (χ0n) is 23.9. The van der Waals surface area contributed by atoms with E-state index in [1.807, 2.05) is 12.1 Å². The van der Waals surface area contributed by atoms with Crippen molar-refractivity contribution in [3.8, 4) is 6.07 Å². The van der Waals surface area contributed by atoms with Crippen molar-refractivity contribution in [1.82, 2.24) is 0 Å². The van der Waals surface area contributed by atoms with Gasteiger partial charge in [-0.1, -0.05) is 125 Å². The highest BCUT2D eigenvalue weighted by atomic mass is 14.3. The minimum Gasteiger partial charge on any atom is -0.192 e. The summed E-state index contributed by atoms with van der Waals surface area (Å²) in [5, 5.41) is 9.93. The Kier molecular flexibility index (Phi) is 9.15. The molecule has 1 atom stereocenters. The van der Waals surface area contributed by atoms with Crippen LogP contribution in [0.1, 0.15) is 114 Å². The second kappa shape index (κ2) is 13.1. The Morgan fingerprint density at radius 1 is 0.974 bits per heavy atom. The van der Waals surface area contributed by atoms with Gasteiger partial charge in [0.2, 0.25) is 0 Å². The molecule has 0 amide bonds. The maximum absolute atomic E-state index is 9.93. The summed E-state index contributed by atoms with van der Waals surface area (Å²) in [5.74, 6) is 1.32. The van der Waals surface area contributed by atoms with E-state index in [1.54, 1.807) is 0 Å². The van der Waals surface area contributed by atoms with Gasteiger partial charge in [-0.3, -0.25) is 0 Å².